The van der Waals surface area contributed by atoms with Crippen molar-refractivity contribution < 1.29 is 4.79 Å². The van der Waals surface area contributed by atoms with Crippen LogP contribution in [0.3, 0.4) is 0 Å². The average Bonchev–Trinajstić information content (AvgIpc) is 2.83. The van der Waals surface area contributed by atoms with Gasteiger partial charge < -0.3 is 10.3 Å². The molecule has 0 radical (unpaired) electrons. The van der Waals surface area contributed by atoms with E-state index in [1.165, 1.54) is 12.4 Å². The highest BCUT2D eigenvalue weighted by Gasteiger charge is 2.14. The molecule has 3 N–H and O–H groups in total. The van der Waals surface area contributed by atoms with Gasteiger partial charge in [-0.2, -0.15) is 0 Å². The number of nitrogens with two attached hydrogens (primary N) is 1. The highest BCUT2D eigenvalue weighted by Crippen LogP contribution is 2.21. The van der Waals surface area contributed by atoms with Crippen LogP contribution in [0.5, 0.6) is 0 Å². The maximum atomic E-state index is 12.1. The molecule has 0 saturated heterocycles. The van der Waals surface area contributed by atoms with E-state index < -0.39 is 0 Å². The lowest BCUT2D eigenvalue weighted by Gasteiger charge is -2.15. The molecule has 0 spiro atoms. The Morgan fingerprint density at radius 2 is 2.32 bits per heavy atom. The molecule has 0 aliphatic rings. The van der Waals surface area contributed by atoms with Crippen molar-refractivity contribution in [3.63, 3.8) is 0 Å². The number of rotatable bonds is 4. The van der Waals surface area contributed by atoms with Crippen LogP contribution in [0.15, 0.2) is 27.6 Å². The molecule has 0 atom stereocenters. The van der Waals surface area contributed by atoms with Gasteiger partial charge in [0.15, 0.2) is 5.82 Å². The van der Waals surface area contributed by atoms with E-state index in [-0.39, 0.29) is 11.6 Å². The molecule has 0 aromatic carbocycles. The minimum atomic E-state index is -0.182. The van der Waals surface area contributed by atoms with Gasteiger partial charge in [-0.15, -0.1) is 11.3 Å². The number of nitrogens with zero attached hydrogens (tertiary/aromatic N) is 3. The first kappa shape index (κ1) is 13.9. The predicted molar refractivity (Wildman–Crippen MR) is 77.7 cm³/mol. The van der Waals surface area contributed by atoms with E-state index >= 15 is 0 Å². The summed E-state index contributed by atoms with van der Waals surface area (Å²) < 4.78 is 1.04. The van der Waals surface area contributed by atoms with E-state index in [0.29, 0.717) is 12.4 Å². The van der Waals surface area contributed by atoms with Crippen LogP contribution in [0.25, 0.3) is 0 Å². The number of aromatic nitrogens is 2. The van der Waals surface area contributed by atoms with E-state index in [2.05, 4.69) is 31.3 Å². The third kappa shape index (κ3) is 3.49. The number of nitrogen functional groups attached to an aromatic ring is 1. The van der Waals surface area contributed by atoms with Crippen molar-refractivity contribution in [2.75, 3.05) is 12.5 Å². The lowest BCUT2D eigenvalue weighted by atomic mass is 10.3. The fraction of sp³-hybridized carbons (Fsp3) is 0.182. The number of carbonyl (C=O) groups excluding carboxylic acids is 1. The van der Waals surface area contributed by atoms with Gasteiger partial charge in [0, 0.05) is 13.6 Å². The zero-order valence-corrected chi connectivity index (χ0v) is 12.5. The molecule has 2 rings (SSSR count). The molecule has 0 aliphatic heterocycles. The number of hydrogen-bond acceptors (Lipinski definition) is 6. The maximum absolute atomic E-state index is 12.1. The summed E-state index contributed by atoms with van der Waals surface area (Å²) in [5.74, 6) is 5.42. The first-order valence-electron chi connectivity index (χ1n) is 5.37. The Kier molecular flexibility index (Phi) is 4.46. The number of anilines is 1. The van der Waals surface area contributed by atoms with Gasteiger partial charge in [-0.05, 0) is 32.9 Å². The third-order valence-electron chi connectivity index (χ3n) is 2.41. The summed E-state index contributed by atoms with van der Waals surface area (Å²) in [5, 5.41) is 2.00. The Hall–Kier alpha value is -1.51. The molecule has 0 aliphatic carbocycles. The maximum Gasteiger partial charge on any atom is 0.274 e. The number of carbonyl (C=O) groups is 1. The highest BCUT2D eigenvalue weighted by molar-refractivity contribution is 9.11. The molecule has 2 aromatic rings. The molecule has 0 bridgehead atoms. The van der Waals surface area contributed by atoms with Crippen molar-refractivity contribution in [1.29, 1.82) is 0 Å². The molecular weight excluding hydrogens is 330 g/mol. The first-order chi connectivity index (χ1) is 9.10. The summed E-state index contributed by atoms with van der Waals surface area (Å²) in [6.45, 7) is 0.527. The molecule has 6 nitrogen and oxygen atoms in total. The zero-order valence-electron chi connectivity index (χ0n) is 10.1. The van der Waals surface area contributed by atoms with Crippen molar-refractivity contribution >= 4 is 39.0 Å². The van der Waals surface area contributed by atoms with Crippen molar-refractivity contribution in [3.05, 3.63) is 38.9 Å². The smallest absolute Gasteiger partial charge is 0.274 e. The van der Waals surface area contributed by atoms with Crippen molar-refractivity contribution in [2.45, 2.75) is 6.54 Å². The highest BCUT2D eigenvalue weighted by atomic mass is 79.9. The van der Waals surface area contributed by atoms with Gasteiger partial charge in [-0.3, -0.25) is 4.79 Å². The van der Waals surface area contributed by atoms with Crippen LogP contribution in [0, 0.1) is 0 Å². The first-order valence-corrected chi connectivity index (χ1v) is 7.04. The van der Waals surface area contributed by atoms with Crippen molar-refractivity contribution in [3.8, 4) is 0 Å². The predicted octanol–water partition coefficient (Wildman–Crippen LogP) is 1.86. The van der Waals surface area contributed by atoms with Crippen LogP contribution in [0.1, 0.15) is 16.1 Å². The molecule has 2 aromatic heterocycles. The second kappa shape index (κ2) is 6.09. The van der Waals surface area contributed by atoms with Crippen LogP contribution in [-0.2, 0) is 6.54 Å². The topological polar surface area (TPSA) is 84.1 Å². The lowest BCUT2D eigenvalue weighted by Crippen LogP contribution is -2.27. The summed E-state index contributed by atoms with van der Waals surface area (Å²) in [6.07, 6.45) is 2.82. The molecule has 100 valence electrons. The summed E-state index contributed by atoms with van der Waals surface area (Å²) in [6, 6.07) is 1.99. The normalized spacial score (nSPS) is 10.3. The number of nitrogens with one attached hydrogen (secondary N) is 1. The Morgan fingerprint density at radius 3 is 2.84 bits per heavy atom. The Morgan fingerprint density at radius 1 is 1.53 bits per heavy atom. The summed E-state index contributed by atoms with van der Waals surface area (Å²) >= 11 is 4.98. The van der Waals surface area contributed by atoms with Gasteiger partial charge >= 0.3 is 0 Å². The Balaban J connectivity index is 2.05. The molecule has 0 unspecified atom stereocenters. The number of halogens is 1. The molecule has 19 heavy (non-hydrogen) atoms. The van der Waals surface area contributed by atoms with Gasteiger partial charge in [0.2, 0.25) is 0 Å². The van der Waals surface area contributed by atoms with E-state index in [9.17, 15) is 4.79 Å². The van der Waals surface area contributed by atoms with Gasteiger partial charge in [0.05, 0.1) is 16.2 Å². The molecule has 8 heteroatoms. The van der Waals surface area contributed by atoms with Gasteiger partial charge in [0.25, 0.3) is 5.91 Å². The van der Waals surface area contributed by atoms with E-state index in [1.807, 2.05) is 11.4 Å². The lowest BCUT2D eigenvalue weighted by molar-refractivity contribution is 0.0779. The largest absolute Gasteiger partial charge is 0.336 e. The Bertz CT molecular complexity index is 571. The third-order valence-corrected chi connectivity index (χ3v) is 3.96. The fourth-order valence-corrected chi connectivity index (χ4v) is 2.68. The van der Waals surface area contributed by atoms with E-state index in [0.717, 1.165) is 9.35 Å². The standard InChI is InChI=1S/C11H12BrN5OS/c1-17(5-7-2-9(12)19-6-7)11(18)8-3-15-10(16-13)4-14-8/h2-4,6H,5,13H2,1H3,(H,15,16). The second-order valence-corrected chi connectivity index (χ2v) is 6.14. The van der Waals surface area contributed by atoms with Gasteiger partial charge in [-0.25, -0.2) is 15.8 Å². The minimum Gasteiger partial charge on any atom is -0.336 e. The summed E-state index contributed by atoms with van der Waals surface area (Å²) in [5.41, 5.74) is 3.72. The van der Waals surface area contributed by atoms with Crippen LogP contribution in [0.4, 0.5) is 5.82 Å². The van der Waals surface area contributed by atoms with Crippen LogP contribution >= 0.6 is 27.3 Å². The second-order valence-electron chi connectivity index (χ2n) is 3.85. The average molecular weight is 342 g/mol. The quantitative estimate of drug-likeness (QED) is 0.654. The van der Waals surface area contributed by atoms with Crippen LogP contribution < -0.4 is 11.3 Å². The van der Waals surface area contributed by atoms with Crippen LogP contribution in [-0.4, -0.2) is 27.8 Å². The van der Waals surface area contributed by atoms with Gasteiger partial charge in [0.1, 0.15) is 5.69 Å². The SMILES string of the molecule is CN(Cc1csc(Br)c1)C(=O)c1cnc(NN)cn1. The van der Waals surface area contributed by atoms with Gasteiger partial charge in [-0.1, -0.05) is 0 Å². The number of thiophene rings is 1. The van der Waals surface area contributed by atoms with Crippen molar-refractivity contribution in [1.82, 2.24) is 14.9 Å². The molecule has 1 amide bonds. The number of hydrazine groups is 1. The molecule has 2 heterocycles. The molecule has 0 saturated carbocycles. The summed E-state index contributed by atoms with van der Waals surface area (Å²) in [7, 11) is 1.73. The zero-order chi connectivity index (χ0) is 13.8. The number of amides is 1. The summed E-state index contributed by atoms with van der Waals surface area (Å²) in [4.78, 5) is 21.7. The molecular formula is C11H12BrN5OS. The minimum absolute atomic E-state index is 0.182. The Labute approximate surface area is 122 Å². The van der Waals surface area contributed by atoms with E-state index in [4.69, 9.17) is 5.84 Å². The van der Waals surface area contributed by atoms with Crippen molar-refractivity contribution in [2.24, 2.45) is 5.84 Å². The number of hydrogen-bond donors (Lipinski definition) is 2. The van der Waals surface area contributed by atoms with E-state index in [1.54, 1.807) is 23.3 Å². The molecule has 0 fully saturated rings. The van der Waals surface area contributed by atoms with Crippen LogP contribution in [0.2, 0.25) is 0 Å². The monoisotopic (exact) mass is 341 g/mol. The fourth-order valence-electron chi connectivity index (χ4n) is 1.48.